The molecule has 0 bridgehead atoms. The third-order valence-electron chi connectivity index (χ3n) is 2.84. The molecule has 0 unspecified atom stereocenters. The zero-order valence-electron chi connectivity index (χ0n) is 9.46. The van der Waals surface area contributed by atoms with Crippen molar-refractivity contribution in [2.45, 2.75) is 51.2 Å². The van der Waals surface area contributed by atoms with Gasteiger partial charge in [-0.1, -0.05) is 6.92 Å². The monoisotopic (exact) mass is 214 g/mol. The lowest BCUT2D eigenvalue weighted by atomic mass is 9.93. The SMILES string of the molecule is CCNCCC(=O)NC1CCC(O)CC1. The van der Waals surface area contributed by atoms with Gasteiger partial charge in [-0.25, -0.2) is 0 Å². The average molecular weight is 214 g/mol. The molecule has 0 atom stereocenters. The van der Waals surface area contributed by atoms with Gasteiger partial charge in [0.05, 0.1) is 6.10 Å². The molecule has 0 heterocycles. The minimum atomic E-state index is -0.153. The highest BCUT2D eigenvalue weighted by atomic mass is 16.3. The predicted molar refractivity (Wildman–Crippen MR) is 59.6 cm³/mol. The first kappa shape index (κ1) is 12.5. The Balaban J connectivity index is 2.09. The summed E-state index contributed by atoms with van der Waals surface area (Å²) < 4.78 is 0. The van der Waals surface area contributed by atoms with E-state index in [4.69, 9.17) is 0 Å². The molecule has 0 saturated heterocycles. The fraction of sp³-hybridized carbons (Fsp3) is 0.909. The molecule has 1 rings (SSSR count). The topological polar surface area (TPSA) is 61.4 Å². The third-order valence-corrected chi connectivity index (χ3v) is 2.84. The van der Waals surface area contributed by atoms with Crippen LogP contribution in [0.5, 0.6) is 0 Å². The summed E-state index contributed by atoms with van der Waals surface area (Å²) in [5.74, 6) is 0.123. The van der Waals surface area contributed by atoms with Gasteiger partial charge in [0.2, 0.25) is 5.91 Å². The highest BCUT2D eigenvalue weighted by molar-refractivity contribution is 5.76. The molecule has 0 radical (unpaired) electrons. The molecule has 0 spiro atoms. The maximum atomic E-state index is 11.5. The second-order valence-corrected chi connectivity index (χ2v) is 4.18. The van der Waals surface area contributed by atoms with Crippen molar-refractivity contribution in [3.63, 3.8) is 0 Å². The van der Waals surface area contributed by atoms with Crippen molar-refractivity contribution in [1.82, 2.24) is 10.6 Å². The number of aliphatic hydroxyl groups excluding tert-OH is 1. The Morgan fingerprint density at radius 1 is 1.33 bits per heavy atom. The number of hydrogen-bond donors (Lipinski definition) is 3. The summed E-state index contributed by atoms with van der Waals surface area (Å²) in [4.78, 5) is 11.5. The highest BCUT2D eigenvalue weighted by Crippen LogP contribution is 2.18. The zero-order chi connectivity index (χ0) is 11.1. The van der Waals surface area contributed by atoms with Crippen LogP contribution in [0.1, 0.15) is 39.0 Å². The number of aliphatic hydroxyl groups is 1. The molecular formula is C11H22N2O2. The maximum absolute atomic E-state index is 11.5. The van der Waals surface area contributed by atoms with Crippen molar-refractivity contribution in [2.75, 3.05) is 13.1 Å². The Bertz CT molecular complexity index is 189. The van der Waals surface area contributed by atoms with Crippen LogP contribution in [0.4, 0.5) is 0 Å². The summed E-state index contributed by atoms with van der Waals surface area (Å²) >= 11 is 0. The predicted octanol–water partition coefficient (Wildman–Crippen LogP) is 0.406. The van der Waals surface area contributed by atoms with E-state index in [1.807, 2.05) is 6.92 Å². The van der Waals surface area contributed by atoms with E-state index in [1.54, 1.807) is 0 Å². The van der Waals surface area contributed by atoms with Gasteiger partial charge in [-0.15, -0.1) is 0 Å². The Kier molecular flexibility index (Phi) is 5.65. The van der Waals surface area contributed by atoms with Gasteiger partial charge < -0.3 is 15.7 Å². The van der Waals surface area contributed by atoms with Crippen molar-refractivity contribution in [2.24, 2.45) is 0 Å². The molecular weight excluding hydrogens is 192 g/mol. The summed E-state index contributed by atoms with van der Waals surface area (Å²) in [6.45, 7) is 3.68. The standard InChI is InChI=1S/C11H22N2O2/c1-2-12-8-7-11(15)13-9-3-5-10(14)6-4-9/h9-10,12,14H,2-8H2,1H3,(H,13,15). The quantitative estimate of drug-likeness (QED) is 0.581. The number of amides is 1. The molecule has 15 heavy (non-hydrogen) atoms. The molecule has 1 aliphatic rings. The van der Waals surface area contributed by atoms with Crippen LogP contribution in [-0.4, -0.2) is 36.2 Å². The van der Waals surface area contributed by atoms with E-state index in [1.165, 1.54) is 0 Å². The Hall–Kier alpha value is -0.610. The van der Waals surface area contributed by atoms with Crippen LogP contribution >= 0.6 is 0 Å². The van der Waals surface area contributed by atoms with Gasteiger partial charge in [0.15, 0.2) is 0 Å². The molecule has 1 fully saturated rings. The molecule has 0 aliphatic heterocycles. The second-order valence-electron chi connectivity index (χ2n) is 4.18. The highest BCUT2D eigenvalue weighted by Gasteiger charge is 2.20. The molecule has 4 nitrogen and oxygen atoms in total. The second kappa shape index (κ2) is 6.80. The van der Waals surface area contributed by atoms with E-state index < -0.39 is 0 Å². The number of hydrogen-bond acceptors (Lipinski definition) is 3. The molecule has 4 heteroatoms. The van der Waals surface area contributed by atoms with Crippen molar-refractivity contribution >= 4 is 5.91 Å². The van der Waals surface area contributed by atoms with E-state index in [2.05, 4.69) is 10.6 Å². The lowest BCUT2D eigenvalue weighted by Gasteiger charge is -2.26. The van der Waals surface area contributed by atoms with Gasteiger partial charge in [0.25, 0.3) is 0 Å². The Morgan fingerprint density at radius 3 is 2.60 bits per heavy atom. The van der Waals surface area contributed by atoms with Crippen LogP contribution in [0, 0.1) is 0 Å². The van der Waals surface area contributed by atoms with E-state index in [0.29, 0.717) is 6.42 Å². The third kappa shape index (κ3) is 5.14. The zero-order valence-corrected chi connectivity index (χ0v) is 9.46. The molecule has 3 N–H and O–H groups in total. The van der Waals surface area contributed by atoms with E-state index >= 15 is 0 Å². The summed E-state index contributed by atoms with van der Waals surface area (Å²) in [6.07, 6.45) is 3.85. The lowest BCUT2D eigenvalue weighted by Crippen LogP contribution is -2.39. The fourth-order valence-corrected chi connectivity index (χ4v) is 1.90. The first-order valence-corrected chi connectivity index (χ1v) is 5.90. The van der Waals surface area contributed by atoms with Crippen LogP contribution in [0.25, 0.3) is 0 Å². The van der Waals surface area contributed by atoms with Crippen LogP contribution in [0.15, 0.2) is 0 Å². The minimum absolute atomic E-state index is 0.123. The maximum Gasteiger partial charge on any atom is 0.221 e. The van der Waals surface area contributed by atoms with Crippen molar-refractivity contribution < 1.29 is 9.90 Å². The largest absolute Gasteiger partial charge is 0.393 e. The number of carbonyl (C=O) groups is 1. The summed E-state index contributed by atoms with van der Waals surface area (Å²) in [5.41, 5.74) is 0. The molecule has 0 aromatic carbocycles. The molecule has 0 aromatic heterocycles. The normalized spacial score (nSPS) is 26.3. The van der Waals surface area contributed by atoms with E-state index in [9.17, 15) is 9.90 Å². The molecule has 1 amide bonds. The van der Waals surface area contributed by atoms with E-state index in [-0.39, 0.29) is 18.1 Å². The van der Waals surface area contributed by atoms with Gasteiger partial charge in [0, 0.05) is 19.0 Å². The van der Waals surface area contributed by atoms with Crippen molar-refractivity contribution in [3.8, 4) is 0 Å². The molecule has 1 aliphatic carbocycles. The summed E-state index contributed by atoms with van der Waals surface area (Å²) in [5, 5.41) is 15.4. The first-order valence-electron chi connectivity index (χ1n) is 5.90. The van der Waals surface area contributed by atoms with Crippen molar-refractivity contribution in [1.29, 1.82) is 0 Å². The van der Waals surface area contributed by atoms with Crippen LogP contribution < -0.4 is 10.6 Å². The number of carbonyl (C=O) groups excluding carboxylic acids is 1. The molecule has 1 saturated carbocycles. The number of nitrogens with one attached hydrogen (secondary N) is 2. The number of rotatable bonds is 5. The molecule has 88 valence electrons. The first-order chi connectivity index (χ1) is 7.22. The van der Waals surface area contributed by atoms with Gasteiger partial charge in [-0.05, 0) is 32.2 Å². The van der Waals surface area contributed by atoms with Gasteiger partial charge in [-0.3, -0.25) is 4.79 Å². The van der Waals surface area contributed by atoms with Gasteiger partial charge >= 0.3 is 0 Å². The summed E-state index contributed by atoms with van der Waals surface area (Å²) in [7, 11) is 0. The van der Waals surface area contributed by atoms with Gasteiger partial charge in [-0.2, -0.15) is 0 Å². The van der Waals surface area contributed by atoms with Crippen molar-refractivity contribution in [3.05, 3.63) is 0 Å². The average Bonchev–Trinajstić information content (AvgIpc) is 2.22. The fourth-order valence-electron chi connectivity index (χ4n) is 1.90. The molecule has 0 aromatic rings. The van der Waals surface area contributed by atoms with Crippen LogP contribution in [-0.2, 0) is 4.79 Å². The lowest BCUT2D eigenvalue weighted by molar-refractivity contribution is -0.122. The summed E-state index contributed by atoms with van der Waals surface area (Å²) in [6, 6.07) is 0.280. The smallest absolute Gasteiger partial charge is 0.221 e. The van der Waals surface area contributed by atoms with E-state index in [0.717, 1.165) is 38.8 Å². The van der Waals surface area contributed by atoms with Crippen LogP contribution in [0.2, 0.25) is 0 Å². The van der Waals surface area contributed by atoms with Gasteiger partial charge in [0.1, 0.15) is 0 Å². The Labute approximate surface area is 91.4 Å². The Morgan fingerprint density at radius 2 is 2.00 bits per heavy atom. The minimum Gasteiger partial charge on any atom is -0.393 e. The van der Waals surface area contributed by atoms with Crippen LogP contribution in [0.3, 0.4) is 0 Å².